The first-order valence-corrected chi connectivity index (χ1v) is 7.11. The van der Waals surface area contributed by atoms with E-state index in [1.165, 1.54) is 49.9 Å². The van der Waals surface area contributed by atoms with Crippen LogP contribution < -0.4 is 0 Å². The van der Waals surface area contributed by atoms with E-state index in [1.54, 1.807) is 0 Å². The van der Waals surface area contributed by atoms with Gasteiger partial charge in [0.2, 0.25) is 0 Å². The highest BCUT2D eigenvalue weighted by Crippen LogP contribution is 2.34. The predicted octanol–water partition coefficient (Wildman–Crippen LogP) is 2.62. The first kappa shape index (κ1) is 12.1. The summed E-state index contributed by atoms with van der Waals surface area (Å²) in [4.78, 5) is 9.40. The Morgan fingerprint density at radius 3 is 1.83 bits per heavy atom. The summed E-state index contributed by atoms with van der Waals surface area (Å²) in [6.07, 6.45) is 9.31. The van der Waals surface area contributed by atoms with Crippen molar-refractivity contribution in [2.75, 3.05) is 27.2 Å². The molecule has 0 amide bonds. The van der Waals surface area contributed by atoms with Crippen molar-refractivity contribution in [2.24, 2.45) is 0 Å². The van der Waals surface area contributed by atoms with E-state index >= 15 is 0 Å². The van der Waals surface area contributed by atoms with E-state index in [0.29, 0.717) is 12.1 Å². The van der Waals surface area contributed by atoms with E-state index in [9.17, 15) is 0 Å². The molecule has 2 unspecified atom stereocenters. The zero-order valence-corrected chi connectivity index (χ0v) is 11.5. The fraction of sp³-hybridized carbons (Fsp3) is 0.667. The van der Waals surface area contributed by atoms with Gasteiger partial charge in [-0.2, -0.15) is 0 Å². The lowest BCUT2D eigenvalue weighted by atomic mass is 10.0. The van der Waals surface area contributed by atoms with E-state index < -0.39 is 0 Å². The van der Waals surface area contributed by atoms with E-state index in [2.05, 4.69) is 47.3 Å². The van der Waals surface area contributed by atoms with Gasteiger partial charge in [-0.05, 0) is 70.1 Å². The molecular weight excluding hydrogens is 222 g/mol. The first-order chi connectivity index (χ1) is 8.75. The molecule has 0 aromatic carbocycles. The van der Waals surface area contributed by atoms with Gasteiger partial charge in [0, 0.05) is 24.5 Å². The number of hydrogen-bond donors (Lipinski definition) is 0. The van der Waals surface area contributed by atoms with Gasteiger partial charge in [-0.15, -0.1) is 0 Å². The number of pyridine rings is 1. The minimum absolute atomic E-state index is 0.587. The number of rotatable bonds is 2. The van der Waals surface area contributed by atoms with Crippen LogP contribution in [0.5, 0.6) is 0 Å². The molecule has 1 aromatic heterocycles. The van der Waals surface area contributed by atoms with E-state index in [-0.39, 0.29) is 0 Å². The molecule has 1 aromatic rings. The molecular formula is C15H23N3. The Labute approximate surface area is 110 Å². The molecule has 2 fully saturated rings. The summed E-state index contributed by atoms with van der Waals surface area (Å²) >= 11 is 0. The largest absolute Gasteiger partial charge is 0.299 e. The van der Waals surface area contributed by atoms with Crippen LogP contribution in [0.1, 0.15) is 48.9 Å². The highest BCUT2D eigenvalue weighted by molar-refractivity contribution is 5.25. The number of aromatic nitrogens is 1. The molecule has 2 aliphatic heterocycles. The third-order valence-corrected chi connectivity index (χ3v) is 4.59. The Kier molecular flexibility index (Phi) is 3.35. The van der Waals surface area contributed by atoms with Crippen molar-refractivity contribution < 1.29 is 0 Å². The number of nitrogens with zero attached hydrogens (tertiary/aromatic N) is 3. The molecule has 0 radical (unpaired) electrons. The second-order valence-corrected chi connectivity index (χ2v) is 5.83. The summed E-state index contributed by atoms with van der Waals surface area (Å²) in [5.41, 5.74) is 2.82. The maximum Gasteiger partial charge on any atom is 0.0360 e. The third kappa shape index (κ3) is 2.17. The van der Waals surface area contributed by atoms with Crippen molar-refractivity contribution in [3.8, 4) is 0 Å². The molecule has 18 heavy (non-hydrogen) atoms. The van der Waals surface area contributed by atoms with Gasteiger partial charge in [-0.25, -0.2) is 0 Å². The van der Waals surface area contributed by atoms with Gasteiger partial charge in [0.1, 0.15) is 0 Å². The van der Waals surface area contributed by atoms with Crippen molar-refractivity contribution >= 4 is 0 Å². The van der Waals surface area contributed by atoms with Gasteiger partial charge >= 0.3 is 0 Å². The van der Waals surface area contributed by atoms with Crippen LogP contribution in [0.2, 0.25) is 0 Å². The second-order valence-electron chi connectivity index (χ2n) is 5.83. The van der Waals surface area contributed by atoms with Crippen LogP contribution in [0.4, 0.5) is 0 Å². The molecule has 0 aliphatic carbocycles. The minimum Gasteiger partial charge on any atom is -0.299 e. The molecule has 0 N–H and O–H groups in total. The van der Waals surface area contributed by atoms with Crippen LogP contribution in [0.15, 0.2) is 18.5 Å². The Hall–Kier alpha value is -0.930. The monoisotopic (exact) mass is 245 g/mol. The van der Waals surface area contributed by atoms with E-state index in [1.807, 2.05) is 0 Å². The Morgan fingerprint density at radius 1 is 0.944 bits per heavy atom. The molecule has 2 atom stereocenters. The predicted molar refractivity (Wildman–Crippen MR) is 73.4 cm³/mol. The van der Waals surface area contributed by atoms with Crippen molar-refractivity contribution in [1.29, 1.82) is 0 Å². The van der Waals surface area contributed by atoms with Gasteiger partial charge in [-0.3, -0.25) is 14.8 Å². The molecule has 2 aliphatic rings. The van der Waals surface area contributed by atoms with Crippen LogP contribution in [0.3, 0.4) is 0 Å². The lowest BCUT2D eigenvalue weighted by molar-refractivity contribution is 0.309. The molecule has 3 rings (SSSR count). The fourth-order valence-electron chi connectivity index (χ4n) is 3.50. The molecule has 98 valence electrons. The summed E-state index contributed by atoms with van der Waals surface area (Å²) < 4.78 is 0. The van der Waals surface area contributed by atoms with Gasteiger partial charge in [-0.1, -0.05) is 0 Å². The third-order valence-electron chi connectivity index (χ3n) is 4.59. The highest BCUT2D eigenvalue weighted by atomic mass is 15.2. The summed E-state index contributed by atoms with van der Waals surface area (Å²) in [7, 11) is 4.46. The van der Waals surface area contributed by atoms with E-state index in [0.717, 1.165) is 0 Å². The van der Waals surface area contributed by atoms with Crippen molar-refractivity contribution in [3.05, 3.63) is 29.6 Å². The summed E-state index contributed by atoms with van der Waals surface area (Å²) in [6, 6.07) is 3.57. The van der Waals surface area contributed by atoms with Crippen molar-refractivity contribution in [2.45, 2.75) is 37.8 Å². The zero-order chi connectivity index (χ0) is 12.5. The standard InChI is InChI=1S/C15H23N3/c1-17-7-3-5-14(17)12-9-13(11-16-10-12)15-6-4-8-18(15)2/h9-11,14-15H,3-8H2,1-2H3. The number of likely N-dealkylation sites (tertiary alicyclic amines) is 2. The van der Waals surface area contributed by atoms with Crippen molar-refractivity contribution in [1.82, 2.24) is 14.8 Å². The van der Waals surface area contributed by atoms with E-state index in [4.69, 9.17) is 0 Å². The maximum absolute atomic E-state index is 4.49. The molecule has 3 nitrogen and oxygen atoms in total. The second kappa shape index (κ2) is 4.98. The Bertz CT molecular complexity index is 383. The van der Waals surface area contributed by atoms with Gasteiger partial charge in [0.25, 0.3) is 0 Å². The SMILES string of the molecule is CN1CCCC1c1cncc(C2CCCN2C)c1. The Balaban J connectivity index is 1.84. The Morgan fingerprint density at radius 2 is 1.44 bits per heavy atom. The van der Waals surface area contributed by atoms with Gasteiger partial charge in [0.15, 0.2) is 0 Å². The average Bonchev–Trinajstić information content (AvgIpc) is 2.98. The summed E-state index contributed by atoms with van der Waals surface area (Å²) in [5, 5.41) is 0. The van der Waals surface area contributed by atoms with Crippen LogP contribution in [0, 0.1) is 0 Å². The molecule has 0 bridgehead atoms. The average molecular weight is 245 g/mol. The van der Waals surface area contributed by atoms with Crippen molar-refractivity contribution in [3.63, 3.8) is 0 Å². The molecule has 0 saturated carbocycles. The lowest BCUT2D eigenvalue weighted by Crippen LogP contribution is -2.20. The van der Waals surface area contributed by atoms with Crippen LogP contribution in [0.25, 0.3) is 0 Å². The van der Waals surface area contributed by atoms with Gasteiger partial charge < -0.3 is 0 Å². The van der Waals surface area contributed by atoms with Crippen LogP contribution in [-0.4, -0.2) is 42.0 Å². The smallest absolute Gasteiger partial charge is 0.0360 e. The summed E-state index contributed by atoms with van der Waals surface area (Å²) in [5.74, 6) is 0. The zero-order valence-electron chi connectivity index (χ0n) is 11.5. The first-order valence-electron chi connectivity index (χ1n) is 7.11. The molecule has 3 heterocycles. The molecule has 3 heteroatoms. The maximum atomic E-state index is 4.49. The number of hydrogen-bond acceptors (Lipinski definition) is 3. The normalized spacial score (nSPS) is 30.1. The van der Waals surface area contributed by atoms with Crippen LogP contribution in [-0.2, 0) is 0 Å². The lowest BCUT2D eigenvalue weighted by Gasteiger charge is -2.23. The minimum atomic E-state index is 0.587. The summed E-state index contributed by atoms with van der Waals surface area (Å²) in [6.45, 7) is 2.44. The van der Waals surface area contributed by atoms with Gasteiger partial charge in [0.05, 0.1) is 0 Å². The topological polar surface area (TPSA) is 19.4 Å². The quantitative estimate of drug-likeness (QED) is 0.798. The molecule has 2 saturated heterocycles. The molecule has 0 spiro atoms. The fourth-order valence-corrected chi connectivity index (χ4v) is 3.50. The highest BCUT2D eigenvalue weighted by Gasteiger charge is 2.26. The van der Waals surface area contributed by atoms with Crippen LogP contribution >= 0.6 is 0 Å².